The van der Waals surface area contributed by atoms with E-state index in [-0.39, 0.29) is 24.2 Å². The minimum Gasteiger partial charge on any atom is -0.457 e. The molecule has 146 valence electrons. The Kier molecular flexibility index (Phi) is 6.26. The fraction of sp³-hybridized carbons (Fsp3) is 0.286. The summed E-state index contributed by atoms with van der Waals surface area (Å²) in [4.78, 5) is 37.4. The number of rotatable bonds is 6. The average molecular weight is 381 g/mol. The molecule has 1 atom stereocenters. The lowest BCUT2D eigenvalue weighted by atomic mass is 9.90. The van der Waals surface area contributed by atoms with Crippen molar-refractivity contribution in [2.45, 2.75) is 12.8 Å². The molecule has 3 rings (SSSR count). The molecule has 0 aromatic heterocycles. The molecule has 7 nitrogen and oxygen atoms in total. The van der Waals surface area contributed by atoms with Gasteiger partial charge < -0.3 is 20.7 Å². The molecule has 2 aromatic rings. The highest BCUT2D eigenvalue weighted by Crippen LogP contribution is 2.24. The minimum atomic E-state index is -0.740. The van der Waals surface area contributed by atoms with Gasteiger partial charge in [0.05, 0.1) is 6.54 Å². The van der Waals surface area contributed by atoms with E-state index in [1.807, 2.05) is 30.3 Å². The van der Waals surface area contributed by atoms with E-state index in [1.165, 1.54) is 0 Å². The van der Waals surface area contributed by atoms with E-state index in [9.17, 15) is 14.4 Å². The van der Waals surface area contributed by atoms with Gasteiger partial charge in [-0.25, -0.2) is 4.79 Å². The van der Waals surface area contributed by atoms with Crippen molar-refractivity contribution in [2.75, 3.05) is 19.6 Å². The normalized spacial score (nSPS) is 16.3. The van der Waals surface area contributed by atoms with Gasteiger partial charge in [0.2, 0.25) is 5.91 Å². The van der Waals surface area contributed by atoms with Crippen LogP contribution in [0.15, 0.2) is 54.6 Å². The third-order valence-electron chi connectivity index (χ3n) is 4.68. The molecule has 0 radical (unpaired) electrons. The van der Waals surface area contributed by atoms with Crippen molar-refractivity contribution < 1.29 is 19.1 Å². The third kappa shape index (κ3) is 5.09. The summed E-state index contributed by atoms with van der Waals surface area (Å²) in [5.41, 5.74) is 5.59. The molecule has 1 fully saturated rings. The number of nitrogens with zero attached hydrogens (tertiary/aromatic N) is 1. The summed E-state index contributed by atoms with van der Waals surface area (Å²) >= 11 is 0. The fourth-order valence-electron chi connectivity index (χ4n) is 3.24. The second kappa shape index (κ2) is 9.03. The summed E-state index contributed by atoms with van der Waals surface area (Å²) in [7, 11) is 0. The molecule has 28 heavy (non-hydrogen) atoms. The second-order valence-electron chi connectivity index (χ2n) is 6.70. The first-order valence-corrected chi connectivity index (χ1v) is 9.21. The monoisotopic (exact) mass is 381 g/mol. The number of hydrogen-bond acceptors (Lipinski definition) is 4. The Morgan fingerprint density at radius 2 is 1.71 bits per heavy atom. The molecule has 3 N–H and O–H groups in total. The Morgan fingerprint density at radius 1 is 1.04 bits per heavy atom. The Bertz CT molecular complexity index is 836. The highest BCUT2D eigenvalue weighted by atomic mass is 16.5. The number of para-hydroxylation sites is 1. The number of piperidine rings is 1. The van der Waals surface area contributed by atoms with Gasteiger partial charge in [0.25, 0.3) is 0 Å². The van der Waals surface area contributed by atoms with Crippen LogP contribution in [0.3, 0.4) is 0 Å². The number of carbonyl (C=O) groups is 3. The Hall–Kier alpha value is -3.35. The van der Waals surface area contributed by atoms with Crippen LogP contribution in [0.25, 0.3) is 0 Å². The molecule has 1 heterocycles. The van der Waals surface area contributed by atoms with Crippen LogP contribution >= 0.6 is 0 Å². The number of hydrogen-bond donors (Lipinski definition) is 2. The zero-order valence-electron chi connectivity index (χ0n) is 15.5. The van der Waals surface area contributed by atoms with E-state index in [4.69, 9.17) is 10.5 Å². The number of Topliss-reactive ketones (excluding diaryl/α,β-unsaturated/α-hetero) is 1. The number of amides is 3. The van der Waals surface area contributed by atoms with Gasteiger partial charge in [0.1, 0.15) is 11.5 Å². The van der Waals surface area contributed by atoms with E-state index in [2.05, 4.69) is 5.32 Å². The summed E-state index contributed by atoms with van der Waals surface area (Å²) < 4.78 is 5.74. The molecule has 2 aromatic carbocycles. The van der Waals surface area contributed by atoms with Crippen LogP contribution in [0.2, 0.25) is 0 Å². The van der Waals surface area contributed by atoms with E-state index < -0.39 is 6.03 Å². The summed E-state index contributed by atoms with van der Waals surface area (Å²) in [6, 6.07) is 15.7. The van der Waals surface area contributed by atoms with Crippen molar-refractivity contribution in [3.8, 4) is 11.5 Å². The number of nitrogens with two attached hydrogens (primary N) is 1. The molecule has 0 aliphatic carbocycles. The lowest BCUT2D eigenvalue weighted by molar-refractivity contribution is -0.131. The summed E-state index contributed by atoms with van der Waals surface area (Å²) in [5.74, 6) is 0.898. The van der Waals surface area contributed by atoms with Gasteiger partial charge in [0.15, 0.2) is 5.78 Å². The maximum atomic E-state index is 12.8. The van der Waals surface area contributed by atoms with Crippen LogP contribution in [0, 0.1) is 5.92 Å². The summed E-state index contributed by atoms with van der Waals surface area (Å²) in [6.45, 7) is 0.773. The van der Waals surface area contributed by atoms with Crippen LogP contribution in [0.1, 0.15) is 23.2 Å². The average Bonchev–Trinajstić information content (AvgIpc) is 2.73. The zero-order chi connectivity index (χ0) is 19.9. The molecule has 3 amide bonds. The van der Waals surface area contributed by atoms with Crippen molar-refractivity contribution in [3.63, 3.8) is 0 Å². The van der Waals surface area contributed by atoms with Crippen molar-refractivity contribution in [3.05, 3.63) is 60.2 Å². The maximum Gasteiger partial charge on any atom is 0.312 e. The molecule has 0 bridgehead atoms. The highest BCUT2D eigenvalue weighted by Gasteiger charge is 2.29. The van der Waals surface area contributed by atoms with E-state index >= 15 is 0 Å². The number of benzene rings is 2. The Balaban J connectivity index is 1.59. The molecule has 0 saturated carbocycles. The molecular formula is C21H23N3O4. The highest BCUT2D eigenvalue weighted by molar-refractivity contribution is 5.98. The van der Waals surface area contributed by atoms with Crippen molar-refractivity contribution in [1.29, 1.82) is 0 Å². The number of primary amides is 1. The smallest absolute Gasteiger partial charge is 0.312 e. The third-order valence-corrected chi connectivity index (χ3v) is 4.68. The van der Waals surface area contributed by atoms with Crippen LogP contribution in [0.5, 0.6) is 11.5 Å². The lowest BCUT2D eigenvalue weighted by Crippen LogP contribution is -2.47. The Labute approximate surface area is 163 Å². The first-order valence-electron chi connectivity index (χ1n) is 9.21. The van der Waals surface area contributed by atoms with Gasteiger partial charge in [-0.1, -0.05) is 18.2 Å². The Morgan fingerprint density at radius 3 is 2.39 bits per heavy atom. The number of ketones is 1. The quantitative estimate of drug-likeness (QED) is 0.751. The number of urea groups is 1. The van der Waals surface area contributed by atoms with Crippen molar-refractivity contribution in [1.82, 2.24) is 10.2 Å². The number of ether oxygens (including phenoxy) is 1. The SMILES string of the molecule is NC(=O)NCC(=O)N1CCC[C@@H](C(=O)c2ccc(Oc3ccccc3)cc2)C1. The van der Waals surface area contributed by atoms with E-state index in [1.54, 1.807) is 29.2 Å². The van der Waals surface area contributed by atoms with E-state index in [0.29, 0.717) is 24.4 Å². The van der Waals surface area contributed by atoms with Gasteiger partial charge in [-0.15, -0.1) is 0 Å². The molecule has 1 saturated heterocycles. The maximum absolute atomic E-state index is 12.8. The van der Waals surface area contributed by atoms with E-state index in [0.717, 1.165) is 18.6 Å². The van der Waals surface area contributed by atoms with Crippen molar-refractivity contribution >= 4 is 17.7 Å². The minimum absolute atomic E-state index is 0.00613. The zero-order valence-corrected chi connectivity index (χ0v) is 15.5. The van der Waals surface area contributed by atoms with Crippen LogP contribution in [0.4, 0.5) is 4.79 Å². The molecular weight excluding hydrogens is 358 g/mol. The van der Waals surface area contributed by atoms with Gasteiger partial charge in [-0.3, -0.25) is 9.59 Å². The molecule has 1 aliphatic heterocycles. The molecule has 0 spiro atoms. The molecule has 0 unspecified atom stereocenters. The number of likely N-dealkylation sites (tertiary alicyclic amines) is 1. The van der Waals surface area contributed by atoms with Gasteiger partial charge in [0, 0.05) is 24.6 Å². The lowest BCUT2D eigenvalue weighted by Gasteiger charge is -2.32. The van der Waals surface area contributed by atoms with Crippen LogP contribution in [-0.4, -0.2) is 42.3 Å². The second-order valence-corrected chi connectivity index (χ2v) is 6.70. The largest absolute Gasteiger partial charge is 0.457 e. The first-order chi connectivity index (χ1) is 13.5. The molecule has 1 aliphatic rings. The molecule has 7 heteroatoms. The van der Waals surface area contributed by atoms with Gasteiger partial charge >= 0.3 is 6.03 Å². The first kappa shape index (κ1) is 19.4. The predicted molar refractivity (Wildman–Crippen MR) is 104 cm³/mol. The van der Waals surface area contributed by atoms with Crippen LogP contribution in [-0.2, 0) is 4.79 Å². The standard InChI is InChI=1S/C21H23N3O4/c22-21(27)23-13-19(25)24-12-4-5-16(14-24)20(26)15-8-10-18(11-9-15)28-17-6-2-1-3-7-17/h1-3,6-11,16H,4-5,12-14H2,(H3,22,23,27)/t16-/m1/s1. The van der Waals surface area contributed by atoms with Crippen LogP contribution < -0.4 is 15.8 Å². The summed E-state index contributed by atoms with van der Waals surface area (Å²) in [6.07, 6.45) is 1.47. The number of carbonyl (C=O) groups excluding carboxylic acids is 3. The number of nitrogens with one attached hydrogen (secondary N) is 1. The summed E-state index contributed by atoms with van der Waals surface area (Å²) in [5, 5.41) is 2.29. The topological polar surface area (TPSA) is 102 Å². The van der Waals surface area contributed by atoms with Gasteiger partial charge in [-0.05, 0) is 49.2 Å². The van der Waals surface area contributed by atoms with Crippen molar-refractivity contribution in [2.24, 2.45) is 11.7 Å². The van der Waals surface area contributed by atoms with Gasteiger partial charge in [-0.2, -0.15) is 0 Å². The fourth-order valence-corrected chi connectivity index (χ4v) is 3.24. The predicted octanol–water partition coefficient (Wildman–Crippen LogP) is 2.57.